The normalized spacial score (nSPS) is 33.2. The van der Waals surface area contributed by atoms with Gasteiger partial charge in [-0.2, -0.15) is 0 Å². The van der Waals surface area contributed by atoms with E-state index in [1.54, 1.807) is 35.2 Å². The summed E-state index contributed by atoms with van der Waals surface area (Å²) in [5.74, 6) is -3.31. The molecule has 3 aliphatic rings. The van der Waals surface area contributed by atoms with Crippen molar-refractivity contribution in [2.45, 2.75) is 54.7 Å². The highest BCUT2D eigenvalue weighted by Crippen LogP contribution is 2.71. The molecule has 1 aromatic carbocycles. The molecule has 3 fully saturated rings. The van der Waals surface area contributed by atoms with Crippen molar-refractivity contribution in [3.63, 3.8) is 0 Å². The predicted octanol–water partition coefficient (Wildman–Crippen LogP) is 3.20. The number of halogens is 1. The fourth-order valence-electron chi connectivity index (χ4n) is 6.05. The van der Waals surface area contributed by atoms with Crippen LogP contribution in [0, 0.1) is 11.8 Å². The molecule has 0 aliphatic carbocycles. The zero-order valence-electron chi connectivity index (χ0n) is 18.7. The molecule has 2 N–H and O–H groups in total. The Morgan fingerprint density at radius 3 is 2.58 bits per heavy atom. The monoisotopic (exact) mass is 492 g/mol. The SMILES string of the molecule is C=CCN(C(=O)C1N([C@@H](CC)CO)C(=O)[C@@H]2[C@@H](C(=O)O)[C@@]3(C)CCC12S3)c1ccc(Cl)cc1. The minimum Gasteiger partial charge on any atom is -0.481 e. The number of aliphatic carboxylic acids is 1. The fraction of sp³-hybridized carbons (Fsp3) is 0.542. The van der Waals surface area contributed by atoms with E-state index in [0.717, 1.165) is 0 Å². The molecule has 6 atom stereocenters. The molecule has 3 aliphatic heterocycles. The van der Waals surface area contributed by atoms with Gasteiger partial charge in [-0.25, -0.2) is 0 Å². The number of hydrogen-bond donors (Lipinski definition) is 2. The van der Waals surface area contributed by atoms with Crippen LogP contribution in [0.5, 0.6) is 0 Å². The van der Waals surface area contributed by atoms with Crippen LogP contribution in [-0.2, 0) is 14.4 Å². The van der Waals surface area contributed by atoms with Crippen LogP contribution in [0.2, 0.25) is 5.02 Å². The Balaban J connectivity index is 1.85. The van der Waals surface area contributed by atoms with Crippen LogP contribution in [0.3, 0.4) is 0 Å². The minimum atomic E-state index is -1.00. The molecule has 3 saturated heterocycles. The quantitative estimate of drug-likeness (QED) is 0.541. The van der Waals surface area contributed by atoms with Crippen molar-refractivity contribution < 1.29 is 24.6 Å². The first-order valence-electron chi connectivity index (χ1n) is 11.2. The number of carbonyl (C=O) groups is 3. The third kappa shape index (κ3) is 3.49. The average molecular weight is 493 g/mol. The molecule has 0 radical (unpaired) electrons. The van der Waals surface area contributed by atoms with Crippen molar-refractivity contribution in [2.75, 3.05) is 18.1 Å². The van der Waals surface area contributed by atoms with E-state index < -0.39 is 39.4 Å². The van der Waals surface area contributed by atoms with Crippen molar-refractivity contribution in [1.82, 2.24) is 4.90 Å². The molecule has 2 unspecified atom stereocenters. The number of aliphatic hydroxyl groups is 1. The molecule has 1 aromatic rings. The number of benzene rings is 1. The van der Waals surface area contributed by atoms with Gasteiger partial charge in [-0.05, 0) is 50.5 Å². The summed E-state index contributed by atoms with van der Waals surface area (Å²) in [4.78, 5) is 43.4. The van der Waals surface area contributed by atoms with Crippen LogP contribution < -0.4 is 4.90 Å². The summed E-state index contributed by atoms with van der Waals surface area (Å²) in [6.07, 6.45) is 3.27. The summed E-state index contributed by atoms with van der Waals surface area (Å²) in [5, 5.41) is 20.7. The molecule has 0 aromatic heterocycles. The van der Waals surface area contributed by atoms with Gasteiger partial charge in [0.25, 0.3) is 5.91 Å². The third-order valence-electron chi connectivity index (χ3n) is 7.51. The molecule has 7 nitrogen and oxygen atoms in total. The van der Waals surface area contributed by atoms with Gasteiger partial charge >= 0.3 is 5.97 Å². The fourth-order valence-corrected chi connectivity index (χ4v) is 8.50. The highest BCUT2D eigenvalue weighted by Gasteiger charge is 2.78. The molecule has 2 amide bonds. The lowest BCUT2D eigenvalue weighted by Gasteiger charge is -2.39. The molecule has 4 rings (SSSR count). The number of carboxylic acid groups (broad SMARTS) is 1. The van der Waals surface area contributed by atoms with E-state index in [1.165, 1.54) is 16.7 Å². The van der Waals surface area contributed by atoms with Gasteiger partial charge in [-0.15, -0.1) is 18.3 Å². The Hall–Kier alpha value is -2.03. The van der Waals surface area contributed by atoms with Gasteiger partial charge in [-0.3, -0.25) is 14.4 Å². The van der Waals surface area contributed by atoms with Gasteiger partial charge in [0.05, 0.1) is 29.2 Å². The van der Waals surface area contributed by atoms with Crippen molar-refractivity contribution in [3.05, 3.63) is 41.9 Å². The maximum Gasteiger partial charge on any atom is 0.308 e. The Bertz CT molecular complexity index is 984. The van der Waals surface area contributed by atoms with Crippen LogP contribution in [0.15, 0.2) is 36.9 Å². The minimum absolute atomic E-state index is 0.222. The van der Waals surface area contributed by atoms with Gasteiger partial charge < -0.3 is 20.0 Å². The van der Waals surface area contributed by atoms with E-state index in [4.69, 9.17) is 11.6 Å². The van der Waals surface area contributed by atoms with Gasteiger partial charge in [0, 0.05) is 22.0 Å². The highest BCUT2D eigenvalue weighted by molar-refractivity contribution is 8.02. The van der Waals surface area contributed by atoms with Crippen LogP contribution in [0.4, 0.5) is 5.69 Å². The summed E-state index contributed by atoms with van der Waals surface area (Å²) >= 11 is 7.53. The summed E-state index contributed by atoms with van der Waals surface area (Å²) in [5.41, 5.74) is 0.618. The second-order valence-electron chi connectivity index (χ2n) is 9.27. The van der Waals surface area contributed by atoms with E-state index in [-0.39, 0.29) is 25.0 Å². The van der Waals surface area contributed by atoms with E-state index in [9.17, 15) is 24.6 Å². The number of rotatable bonds is 8. The number of carboxylic acids is 1. The molecule has 9 heteroatoms. The molecule has 1 spiro atoms. The molecule has 2 bridgehead atoms. The first-order valence-corrected chi connectivity index (χ1v) is 12.4. The van der Waals surface area contributed by atoms with Crippen LogP contribution in [0.1, 0.15) is 33.1 Å². The first-order chi connectivity index (χ1) is 15.6. The number of carbonyl (C=O) groups excluding carboxylic acids is 2. The molecule has 33 heavy (non-hydrogen) atoms. The number of fused-ring (bicyclic) bond motifs is 1. The largest absolute Gasteiger partial charge is 0.481 e. The maximum absolute atomic E-state index is 14.2. The number of nitrogens with zero attached hydrogens (tertiary/aromatic N) is 2. The number of hydrogen-bond acceptors (Lipinski definition) is 5. The van der Waals surface area contributed by atoms with Crippen molar-refractivity contribution in [3.8, 4) is 0 Å². The van der Waals surface area contributed by atoms with Crippen LogP contribution in [-0.4, -0.2) is 67.6 Å². The zero-order valence-corrected chi connectivity index (χ0v) is 20.3. The lowest BCUT2D eigenvalue weighted by atomic mass is 9.66. The maximum atomic E-state index is 14.2. The van der Waals surface area contributed by atoms with Crippen molar-refractivity contribution in [2.24, 2.45) is 11.8 Å². The van der Waals surface area contributed by atoms with Gasteiger partial charge in [-0.1, -0.05) is 24.6 Å². The topological polar surface area (TPSA) is 98.2 Å². The molecule has 3 heterocycles. The number of aliphatic hydroxyl groups excluding tert-OH is 1. The average Bonchev–Trinajstić information content (AvgIpc) is 3.35. The van der Waals surface area contributed by atoms with Crippen LogP contribution in [0.25, 0.3) is 0 Å². The number of likely N-dealkylation sites (tertiary alicyclic amines) is 1. The van der Waals surface area contributed by atoms with E-state index in [0.29, 0.717) is 30.0 Å². The van der Waals surface area contributed by atoms with Crippen molar-refractivity contribution >= 4 is 46.8 Å². The summed E-state index contributed by atoms with van der Waals surface area (Å²) in [7, 11) is 0. The number of thioether (sulfide) groups is 1. The Labute approximate surface area is 202 Å². The lowest BCUT2D eigenvalue weighted by molar-refractivity contribution is -0.150. The summed E-state index contributed by atoms with van der Waals surface area (Å²) in [6.45, 7) is 7.46. The van der Waals surface area contributed by atoms with Gasteiger partial charge in [0.1, 0.15) is 6.04 Å². The Morgan fingerprint density at radius 2 is 2.03 bits per heavy atom. The number of anilines is 1. The van der Waals surface area contributed by atoms with E-state index in [1.807, 2.05) is 13.8 Å². The van der Waals surface area contributed by atoms with E-state index in [2.05, 4.69) is 6.58 Å². The first kappa shape index (κ1) is 24.1. The highest BCUT2D eigenvalue weighted by atomic mass is 35.5. The third-order valence-corrected chi connectivity index (χ3v) is 9.74. The second-order valence-corrected chi connectivity index (χ2v) is 11.6. The smallest absolute Gasteiger partial charge is 0.308 e. The second kappa shape index (κ2) is 8.64. The molecular weight excluding hydrogens is 464 g/mol. The Kier molecular flexibility index (Phi) is 6.31. The molecular formula is C24H29ClN2O5S. The molecule has 178 valence electrons. The van der Waals surface area contributed by atoms with Crippen molar-refractivity contribution in [1.29, 1.82) is 0 Å². The van der Waals surface area contributed by atoms with Gasteiger partial charge in [0.15, 0.2) is 0 Å². The summed E-state index contributed by atoms with van der Waals surface area (Å²) in [6, 6.07) is 5.43. The zero-order chi connectivity index (χ0) is 24.1. The number of amides is 2. The predicted molar refractivity (Wildman–Crippen MR) is 128 cm³/mol. The Morgan fingerprint density at radius 1 is 1.36 bits per heavy atom. The van der Waals surface area contributed by atoms with Crippen LogP contribution >= 0.6 is 23.4 Å². The standard InChI is InChI=1S/C24H29ClN2O5S/c1-4-12-26(16-8-6-14(25)7-9-16)21(30)19-24-11-10-23(3,33-24)18(22(31)32)17(24)20(29)27(19)15(5-2)13-28/h4,6-9,15,17-19,28H,1,5,10-13H2,2-3H3,(H,31,32)/t15-,17-,18-,19?,23+,24?/m0/s1. The lowest BCUT2D eigenvalue weighted by Crippen LogP contribution is -2.57. The summed E-state index contributed by atoms with van der Waals surface area (Å²) < 4.78 is -1.46. The molecule has 0 saturated carbocycles. The van der Waals surface area contributed by atoms with Gasteiger partial charge in [0.2, 0.25) is 5.91 Å². The van der Waals surface area contributed by atoms with E-state index >= 15 is 0 Å².